The van der Waals surface area contributed by atoms with Gasteiger partial charge in [-0.1, -0.05) is 109 Å². The highest BCUT2D eigenvalue weighted by Gasteiger charge is 1.98. The maximum absolute atomic E-state index is 10.5. The highest BCUT2D eigenvalue weighted by atomic mass is 16.1. The molecule has 0 rings (SSSR count). The van der Waals surface area contributed by atoms with Crippen molar-refractivity contribution in [1.82, 2.24) is 0 Å². The van der Waals surface area contributed by atoms with Crippen LogP contribution in [-0.2, 0) is 9.59 Å². The molecule has 0 N–H and O–H groups in total. The van der Waals surface area contributed by atoms with E-state index in [4.69, 9.17) is 0 Å². The van der Waals surface area contributed by atoms with Crippen molar-refractivity contribution in [1.29, 1.82) is 0 Å². The van der Waals surface area contributed by atoms with E-state index in [1.54, 1.807) is 6.08 Å². The lowest BCUT2D eigenvalue weighted by atomic mass is 10.0. The van der Waals surface area contributed by atoms with Crippen molar-refractivity contribution in [2.45, 2.75) is 110 Å². The molecule has 0 aliphatic rings. The average Bonchev–Trinajstić information content (AvgIpc) is 2.66. The van der Waals surface area contributed by atoms with Crippen LogP contribution in [0.5, 0.6) is 0 Å². The van der Waals surface area contributed by atoms with Gasteiger partial charge in [0.05, 0.1) is 0 Å². The molecule has 0 spiro atoms. The molecule has 0 saturated heterocycles. The molecule has 0 heterocycles. The number of unbranched alkanes of at least 4 members (excludes halogenated alkanes) is 14. The van der Waals surface area contributed by atoms with E-state index in [2.05, 4.69) is 6.08 Å². The Morgan fingerprint density at radius 3 is 1.50 bits per heavy atom. The van der Waals surface area contributed by atoms with Gasteiger partial charge in [0, 0.05) is 5.92 Å². The SMILES string of the molecule is CC(C=O)CCCCCCCCCCCCCCCCC=CC=CC=O. The summed E-state index contributed by atoms with van der Waals surface area (Å²) in [5.74, 6) is 0.253. The Labute approximate surface area is 162 Å². The fraction of sp³-hybridized carbons (Fsp3) is 0.750. The molecule has 0 fully saturated rings. The molecular weight excluding hydrogens is 320 g/mol. The van der Waals surface area contributed by atoms with Gasteiger partial charge in [-0.3, -0.25) is 4.79 Å². The smallest absolute Gasteiger partial charge is 0.142 e. The lowest BCUT2D eigenvalue weighted by Gasteiger charge is -2.04. The molecule has 150 valence electrons. The molecule has 1 atom stereocenters. The van der Waals surface area contributed by atoms with Crippen molar-refractivity contribution >= 4 is 12.6 Å². The summed E-state index contributed by atoms with van der Waals surface area (Å²) in [6.45, 7) is 2.02. The topological polar surface area (TPSA) is 34.1 Å². The number of carbonyl (C=O) groups is 2. The quantitative estimate of drug-likeness (QED) is 0.0980. The second kappa shape index (κ2) is 21.9. The highest BCUT2D eigenvalue weighted by Crippen LogP contribution is 2.14. The second-order valence-corrected chi connectivity index (χ2v) is 7.59. The van der Waals surface area contributed by atoms with Gasteiger partial charge in [0.25, 0.3) is 0 Å². The molecule has 0 amide bonds. The van der Waals surface area contributed by atoms with Crippen LogP contribution < -0.4 is 0 Å². The summed E-state index contributed by atoms with van der Waals surface area (Å²) in [6.07, 6.45) is 30.5. The molecule has 2 nitrogen and oxygen atoms in total. The van der Waals surface area contributed by atoms with Crippen molar-refractivity contribution in [2.24, 2.45) is 5.92 Å². The largest absolute Gasteiger partial charge is 0.303 e. The van der Waals surface area contributed by atoms with E-state index in [9.17, 15) is 9.59 Å². The van der Waals surface area contributed by atoms with E-state index in [0.717, 1.165) is 25.4 Å². The lowest BCUT2D eigenvalue weighted by Crippen LogP contribution is -1.94. The summed E-state index contributed by atoms with van der Waals surface area (Å²) in [7, 11) is 0. The summed E-state index contributed by atoms with van der Waals surface area (Å²) in [6, 6.07) is 0. The van der Waals surface area contributed by atoms with Crippen LogP contribution in [0.1, 0.15) is 110 Å². The average molecular weight is 363 g/mol. The Balaban J connectivity index is 3.09. The van der Waals surface area contributed by atoms with Gasteiger partial charge in [-0.2, -0.15) is 0 Å². The molecule has 0 bridgehead atoms. The fourth-order valence-electron chi connectivity index (χ4n) is 3.20. The van der Waals surface area contributed by atoms with Crippen molar-refractivity contribution in [3.05, 3.63) is 24.3 Å². The standard InChI is InChI=1S/C24H42O2/c1-24(23-26)21-19-17-15-13-11-9-7-5-3-2-4-6-8-10-12-14-16-18-20-22-25/h14,16,18,20,22-24H,2-13,15,17,19,21H2,1H3. The Morgan fingerprint density at radius 1 is 0.577 bits per heavy atom. The van der Waals surface area contributed by atoms with Gasteiger partial charge in [-0.15, -0.1) is 0 Å². The van der Waals surface area contributed by atoms with E-state index in [1.807, 2.05) is 13.0 Å². The van der Waals surface area contributed by atoms with Crippen molar-refractivity contribution < 1.29 is 9.59 Å². The van der Waals surface area contributed by atoms with Gasteiger partial charge in [0.1, 0.15) is 12.6 Å². The third kappa shape index (κ3) is 20.9. The Kier molecular flexibility index (Phi) is 20.9. The Morgan fingerprint density at radius 2 is 1.04 bits per heavy atom. The van der Waals surface area contributed by atoms with Crippen LogP contribution >= 0.6 is 0 Å². The molecule has 0 aromatic heterocycles. The third-order valence-corrected chi connectivity index (χ3v) is 4.95. The molecule has 0 aliphatic carbocycles. The fourth-order valence-corrected chi connectivity index (χ4v) is 3.20. The number of rotatable bonds is 20. The van der Waals surface area contributed by atoms with Gasteiger partial charge in [0.2, 0.25) is 0 Å². The number of aldehydes is 2. The molecular formula is C24H42O2. The number of hydrogen-bond donors (Lipinski definition) is 0. The van der Waals surface area contributed by atoms with Crippen LogP contribution in [0.25, 0.3) is 0 Å². The number of hydrogen-bond acceptors (Lipinski definition) is 2. The van der Waals surface area contributed by atoms with Crippen molar-refractivity contribution in [2.75, 3.05) is 0 Å². The summed E-state index contributed by atoms with van der Waals surface area (Å²) in [5, 5.41) is 0. The molecule has 0 aromatic rings. The summed E-state index contributed by atoms with van der Waals surface area (Å²) < 4.78 is 0. The summed E-state index contributed by atoms with van der Waals surface area (Å²) in [4.78, 5) is 20.6. The van der Waals surface area contributed by atoms with E-state index in [0.29, 0.717) is 0 Å². The zero-order valence-corrected chi connectivity index (χ0v) is 17.2. The van der Waals surface area contributed by atoms with Gasteiger partial charge < -0.3 is 4.79 Å². The summed E-state index contributed by atoms with van der Waals surface area (Å²) >= 11 is 0. The van der Waals surface area contributed by atoms with E-state index in [1.165, 1.54) is 96.0 Å². The van der Waals surface area contributed by atoms with E-state index in [-0.39, 0.29) is 5.92 Å². The first-order valence-corrected chi connectivity index (χ1v) is 11.0. The second-order valence-electron chi connectivity index (χ2n) is 7.59. The third-order valence-electron chi connectivity index (χ3n) is 4.95. The zero-order chi connectivity index (χ0) is 19.1. The minimum atomic E-state index is 0.253. The molecule has 0 saturated carbocycles. The molecule has 2 heteroatoms. The van der Waals surface area contributed by atoms with Crippen LogP contribution in [-0.4, -0.2) is 12.6 Å². The lowest BCUT2D eigenvalue weighted by molar-refractivity contribution is -0.110. The Hall–Kier alpha value is -1.18. The zero-order valence-electron chi connectivity index (χ0n) is 17.2. The predicted molar refractivity (Wildman–Crippen MR) is 113 cm³/mol. The first-order chi connectivity index (χ1) is 12.8. The minimum Gasteiger partial charge on any atom is -0.303 e. The van der Waals surface area contributed by atoms with Crippen LogP contribution in [0.3, 0.4) is 0 Å². The van der Waals surface area contributed by atoms with Crippen LogP contribution in [0.15, 0.2) is 24.3 Å². The van der Waals surface area contributed by atoms with Crippen LogP contribution in [0.4, 0.5) is 0 Å². The van der Waals surface area contributed by atoms with Gasteiger partial charge in [0.15, 0.2) is 0 Å². The van der Waals surface area contributed by atoms with Gasteiger partial charge in [-0.25, -0.2) is 0 Å². The normalized spacial score (nSPS) is 12.8. The van der Waals surface area contributed by atoms with E-state index >= 15 is 0 Å². The minimum absolute atomic E-state index is 0.253. The molecule has 1 unspecified atom stereocenters. The maximum atomic E-state index is 10.5. The molecule has 26 heavy (non-hydrogen) atoms. The maximum Gasteiger partial charge on any atom is 0.142 e. The van der Waals surface area contributed by atoms with Gasteiger partial charge in [-0.05, 0) is 25.3 Å². The molecule has 0 aromatic carbocycles. The van der Waals surface area contributed by atoms with Crippen LogP contribution in [0.2, 0.25) is 0 Å². The first-order valence-electron chi connectivity index (χ1n) is 11.0. The Bertz CT molecular complexity index is 357. The predicted octanol–water partition coefficient (Wildman–Crippen LogP) is 7.37. The first kappa shape index (κ1) is 24.8. The monoisotopic (exact) mass is 362 g/mol. The number of carbonyl (C=O) groups excluding carboxylic acids is 2. The molecule has 0 radical (unpaired) electrons. The van der Waals surface area contributed by atoms with Crippen molar-refractivity contribution in [3.63, 3.8) is 0 Å². The van der Waals surface area contributed by atoms with Crippen molar-refractivity contribution in [3.8, 4) is 0 Å². The van der Waals surface area contributed by atoms with Crippen LogP contribution in [0, 0.1) is 5.92 Å². The molecule has 0 aliphatic heterocycles. The van der Waals surface area contributed by atoms with Gasteiger partial charge >= 0.3 is 0 Å². The van der Waals surface area contributed by atoms with E-state index < -0.39 is 0 Å². The highest BCUT2D eigenvalue weighted by molar-refractivity contribution is 5.65. The number of allylic oxidation sites excluding steroid dienone is 4. The summed E-state index contributed by atoms with van der Waals surface area (Å²) in [5.41, 5.74) is 0.